The zero-order valence-electron chi connectivity index (χ0n) is 11.4. The molecular weight excluding hydrogens is 376 g/mol. The van der Waals surface area contributed by atoms with E-state index in [1.807, 2.05) is 0 Å². The minimum atomic E-state index is -3.77. The number of aryl methyl sites for hydroxylation is 2. The predicted octanol–water partition coefficient (Wildman–Crippen LogP) is 4.10. The Morgan fingerprint density at radius 3 is 2.38 bits per heavy atom. The molecule has 0 spiro atoms. The van der Waals surface area contributed by atoms with Gasteiger partial charge in [0.2, 0.25) is 0 Å². The second-order valence-electron chi connectivity index (χ2n) is 4.68. The van der Waals surface area contributed by atoms with Crippen molar-refractivity contribution in [3.05, 3.63) is 51.0 Å². The lowest BCUT2D eigenvalue weighted by molar-refractivity contribution is 0.601. The first-order valence-electron chi connectivity index (χ1n) is 6.06. The van der Waals surface area contributed by atoms with E-state index in [0.717, 1.165) is 5.56 Å². The quantitative estimate of drug-likeness (QED) is 0.776. The molecule has 0 aliphatic rings. The highest BCUT2D eigenvalue weighted by molar-refractivity contribution is 9.10. The third-order valence-corrected chi connectivity index (χ3v) is 5.85. The molecular formula is C14H14BrClN2O2S. The van der Waals surface area contributed by atoms with Gasteiger partial charge in [0, 0.05) is 4.47 Å². The maximum atomic E-state index is 12.6. The zero-order valence-corrected chi connectivity index (χ0v) is 14.6. The summed E-state index contributed by atoms with van der Waals surface area (Å²) in [6.45, 7) is 3.48. The standard InChI is InChI=1S/C14H14BrClN2O2S/c1-8-3-4-9(2)14(13(8)17)21(19,20)18-10-5-6-12(16)11(15)7-10/h3-7,18H,17H2,1-2H3. The fraction of sp³-hybridized carbons (Fsp3) is 0.143. The Bertz CT molecular complexity index is 807. The van der Waals surface area contributed by atoms with Gasteiger partial charge in [0.1, 0.15) is 4.90 Å². The second-order valence-corrected chi connectivity index (χ2v) is 7.56. The lowest BCUT2D eigenvalue weighted by atomic mass is 10.1. The first kappa shape index (κ1) is 16.1. The Kier molecular flexibility index (Phi) is 4.51. The number of halogens is 2. The van der Waals surface area contributed by atoms with Gasteiger partial charge in [-0.15, -0.1) is 0 Å². The lowest BCUT2D eigenvalue weighted by Crippen LogP contribution is -2.16. The van der Waals surface area contributed by atoms with Crippen molar-refractivity contribution >= 4 is 48.9 Å². The highest BCUT2D eigenvalue weighted by Crippen LogP contribution is 2.30. The van der Waals surface area contributed by atoms with Crippen molar-refractivity contribution in [2.24, 2.45) is 0 Å². The average molecular weight is 390 g/mol. The van der Waals surface area contributed by atoms with Crippen molar-refractivity contribution in [1.82, 2.24) is 0 Å². The van der Waals surface area contributed by atoms with Crippen LogP contribution >= 0.6 is 27.5 Å². The van der Waals surface area contributed by atoms with Crippen LogP contribution in [0.2, 0.25) is 5.02 Å². The molecule has 0 aliphatic heterocycles. The number of rotatable bonds is 3. The van der Waals surface area contributed by atoms with Crippen molar-refractivity contribution < 1.29 is 8.42 Å². The molecule has 0 radical (unpaired) electrons. The minimum absolute atomic E-state index is 0.105. The van der Waals surface area contributed by atoms with E-state index in [4.69, 9.17) is 17.3 Å². The van der Waals surface area contributed by atoms with Gasteiger partial charge < -0.3 is 5.73 Å². The maximum Gasteiger partial charge on any atom is 0.264 e. The van der Waals surface area contributed by atoms with E-state index >= 15 is 0 Å². The van der Waals surface area contributed by atoms with E-state index < -0.39 is 10.0 Å². The Hall–Kier alpha value is -1.24. The molecule has 2 rings (SSSR count). The van der Waals surface area contributed by atoms with Crippen LogP contribution in [0.4, 0.5) is 11.4 Å². The molecule has 0 aromatic heterocycles. The van der Waals surface area contributed by atoms with E-state index in [9.17, 15) is 8.42 Å². The van der Waals surface area contributed by atoms with Crippen LogP contribution in [0, 0.1) is 13.8 Å². The van der Waals surface area contributed by atoms with Crippen molar-refractivity contribution in [2.45, 2.75) is 18.7 Å². The number of hydrogen-bond donors (Lipinski definition) is 2. The summed E-state index contributed by atoms with van der Waals surface area (Å²) in [5, 5.41) is 0.504. The summed E-state index contributed by atoms with van der Waals surface area (Å²) in [5.74, 6) is 0. The number of hydrogen-bond acceptors (Lipinski definition) is 3. The summed E-state index contributed by atoms with van der Waals surface area (Å²) in [5.41, 5.74) is 7.91. The smallest absolute Gasteiger partial charge is 0.264 e. The van der Waals surface area contributed by atoms with Gasteiger partial charge in [0.25, 0.3) is 10.0 Å². The van der Waals surface area contributed by atoms with E-state index in [0.29, 0.717) is 20.7 Å². The van der Waals surface area contributed by atoms with Crippen LogP contribution in [0.25, 0.3) is 0 Å². The SMILES string of the molecule is Cc1ccc(C)c(S(=O)(=O)Nc2ccc(Cl)c(Br)c2)c1N. The number of anilines is 2. The molecule has 2 aromatic carbocycles. The summed E-state index contributed by atoms with van der Waals surface area (Å²) in [6, 6.07) is 8.32. The fourth-order valence-electron chi connectivity index (χ4n) is 1.93. The molecule has 0 unspecified atom stereocenters. The number of sulfonamides is 1. The maximum absolute atomic E-state index is 12.6. The lowest BCUT2D eigenvalue weighted by Gasteiger charge is -2.14. The zero-order chi connectivity index (χ0) is 15.8. The van der Waals surface area contributed by atoms with Gasteiger partial charge in [-0.25, -0.2) is 8.42 Å². The van der Waals surface area contributed by atoms with Crippen molar-refractivity contribution in [3.63, 3.8) is 0 Å². The van der Waals surface area contributed by atoms with Gasteiger partial charge >= 0.3 is 0 Å². The monoisotopic (exact) mass is 388 g/mol. The summed E-state index contributed by atoms with van der Waals surface area (Å²) in [4.78, 5) is 0.105. The largest absolute Gasteiger partial charge is 0.397 e. The topological polar surface area (TPSA) is 72.2 Å². The van der Waals surface area contributed by atoms with Crippen LogP contribution in [0.15, 0.2) is 39.7 Å². The molecule has 0 aliphatic carbocycles. The summed E-state index contributed by atoms with van der Waals surface area (Å²) in [7, 11) is -3.77. The summed E-state index contributed by atoms with van der Waals surface area (Å²) >= 11 is 9.15. The molecule has 0 amide bonds. The second kappa shape index (κ2) is 5.87. The van der Waals surface area contributed by atoms with Gasteiger partial charge in [-0.2, -0.15) is 0 Å². The molecule has 0 atom stereocenters. The number of nitrogens with one attached hydrogen (secondary N) is 1. The van der Waals surface area contributed by atoms with Crippen molar-refractivity contribution in [3.8, 4) is 0 Å². The Labute approximate surface area is 137 Å². The van der Waals surface area contributed by atoms with Crippen LogP contribution in [0.1, 0.15) is 11.1 Å². The van der Waals surface area contributed by atoms with Crippen LogP contribution in [0.3, 0.4) is 0 Å². The van der Waals surface area contributed by atoms with Gasteiger partial charge in [-0.1, -0.05) is 23.7 Å². The van der Waals surface area contributed by atoms with Gasteiger partial charge in [0.15, 0.2) is 0 Å². The fourth-order valence-corrected chi connectivity index (χ4v) is 3.91. The van der Waals surface area contributed by atoms with Crippen molar-refractivity contribution in [1.29, 1.82) is 0 Å². The predicted molar refractivity (Wildman–Crippen MR) is 90.3 cm³/mol. The van der Waals surface area contributed by atoms with Crippen molar-refractivity contribution in [2.75, 3.05) is 10.5 Å². The Balaban J connectivity index is 2.48. The Morgan fingerprint density at radius 2 is 1.76 bits per heavy atom. The molecule has 0 heterocycles. The molecule has 21 heavy (non-hydrogen) atoms. The molecule has 4 nitrogen and oxygen atoms in total. The Morgan fingerprint density at radius 1 is 1.14 bits per heavy atom. The third kappa shape index (κ3) is 3.33. The molecule has 7 heteroatoms. The molecule has 0 saturated carbocycles. The average Bonchev–Trinajstić information content (AvgIpc) is 2.38. The number of nitrogens with two attached hydrogens (primary N) is 1. The van der Waals surface area contributed by atoms with Crippen LogP contribution < -0.4 is 10.5 Å². The molecule has 112 valence electrons. The normalized spacial score (nSPS) is 11.4. The molecule has 0 fully saturated rings. The molecule has 0 bridgehead atoms. The molecule has 2 aromatic rings. The number of nitrogen functional groups attached to an aromatic ring is 1. The highest BCUT2D eigenvalue weighted by atomic mass is 79.9. The van der Waals surface area contributed by atoms with E-state index in [-0.39, 0.29) is 10.6 Å². The van der Waals surface area contributed by atoms with E-state index in [1.165, 1.54) is 0 Å². The minimum Gasteiger partial charge on any atom is -0.397 e. The highest BCUT2D eigenvalue weighted by Gasteiger charge is 2.21. The van der Waals surface area contributed by atoms with Gasteiger partial charge in [-0.3, -0.25) is 4.72 Å². The van der Waals surface area contributed by atoms with Gasteiger partial charge in [-0.05, 0) is 59.1 Å². The summed E-state index contributed by atoms with van der Waals surface area (Å²) in [6.07, 6.45) is 0. The third-order valence-electron chi connectivity index (χ3n) is 3.05. The van der Waals surface area contributed by atoms with E-state index in [2.05, 4.69) is 20.7 Å². The first-order valence-corrected chi connectivity index (χ1v) is 8.71. The summed E-state index contributed by atoms with van der Waals surface area (Å²) < 4.78 is 28.2. The van der Waals surface area contributed by atoms with Gasteiger partial charge in [0.05, 0.1) is 16.4 Å². The van der Waals surface area contributed by atoms with E-state index in [1.54, 1.807) is 44.2 Å². The molecule has 3 N–H and O–H groups in total. The van der Waals surface area contributed by atoms with Crippen LogP contribution in [-0.4, -0.2) is 8.42 Å². The van der Waals surface area contributed by atoms with Crippen LogP contribution in [-0.2, 0) is 10.0 Å². The first-order chi connectivity index (χ1) is 9.72. The number of benzene rings is 2. The molecule has 0 saturated heterocycles. The van der Waals surface area contributed by atoms with Crippen LogP contribution in [0.5, 0.6) is 0 Å².